The SMILES string of the molecule is OCc1c(-c2ccc(Br)cc2)noc1-c1cc(F)ccc1Cl. The van der Waals surface area contributed by atoms with Gasteiger partial charge in [-0.2, -0.15) is 0 Å². The van der Waals surface area contributed by atoms with Crippen LogP contribution in [-0.4, -0.2) is 10.3 Å². The van der Waals surface area contributed by atoms with Gasteiger partial charge in [-0.3, -0.25) is 0 Å². The van der Waals surface area contributed by atoms with E-state index in [0.717, 1.165) is 10.0 Å². The Morgan fingerprint density at radius 1 is 1.18 bits per heavy atom. The molecule has 1 N–H and O–H groups in total. The van der Waals surface area contributed by atoms with Crippen molar-refractivity contribution in [2.24, 2.45) is 0 Å². The molecule has 1 aromatic heterocycles. The summed E-state index contributed by atoms with van der Waals surface area (Å²) in [5.41, 5.74) is 2.12. The number of nitrogens with zero attached hydrogens (tertiary/aromatic N) is 1. The van der Waals surface area contributed by atoms with Gasteiger partial charge in [0.25, 0.3) is 0 Å². The zero-order chi connectivity index (χ0) is 15.7. The Hall–Kier alpha value is -1.69. The van der Waals surface area contributed by atoms with Crippen LogP contribution in [0.3, 0.4) is 0 Å². The van der Waals surface area contributed by atoms with Crippen molar-refractivity contribution >= 4 is 27.5 Å². The fraction of sp³-hybridized carbons (Fsp3) is 0.0625. The minimum Gasteiger partial charge on any atom is -0.391 e. The molecule has 2 aromatic carbocycles. The average Bonchev–Trinajstić information content (AvgIpc) is 2.94. The molecule has 3 nitrogen and oxygen atoms in total. The van der Waals surface area contributed by atoms with Gasteiger partial charge in [0.1, 0.15) is 11.5 Å². The first-order chi connectivity index (χ1) is 10.6. The standard InChI is InChI=1S/C16H10BrClFNO2/c17-10-3-1-9(2-4-10)15-13(8-21)16(22-20-15)12-7-11(19)5-6-14(12)18/h1-7,21H,8H2. The summed E-state index contributed by atoms with van der Waals surface area (Å²) in [5, 5.41) is 14.0. The molecular weight excluding hydrogens is 373 g/mol. The van der Waals surface area contributed by atoms with E-state index in [1.54, 1.807) is 0 Å². The highest BCUT2D eigenvalue weighted by Gasteiger charge is 2.20. The Balaban J connectivity index is 2.15. The molecule has 3 aromatic rings. The summed E-state index contributed by atoms with van der Waals surface area (Å²) < 4.78 is 19.7. The lowest BCUT2D eigenvalue weighted by molar-refractivity contribution is 0.281. The normalized spacial score (nSPS) is 10.9. The van der Waals surface area contributed by atoms with Gasteiger partial charge in [-0.1, -0.05) is 44.8 Å². The van der Waals surface area contributed by atoms with Crippen molar-refractivity contribution in [3.05, 3.63) is 63.3 Å². The van der Waals surface area contributed by atoms with Crippen LogP contribution < -0.4 is 0 Å². The third-order valence-electron chi connectivity index (χ3n) is 3.24. The summed E-state index contributed by atoms with van der Waals surface area (Å²) in [7, 11) is 0. The summed E-state index contributed by atoms with van der Waals surface area (Å²) in [6, 6.07) is 11.4. The summed E-state index contributed by atoms with van der Waals surface area (Å²) in [5.74, 6) is -0.171. The van der Waals surface area contributed by atoms with Gasteiger partial charge in [-0.05, 0) is 30.3 Å². The smallest absolute Gasteiger partial charge is 0.174 e. The molecule has 0 spiro atoms. The van der Waals surface area contributed by atoms with Crippen molar-refractivity contribution < 1.29 is 14.0 Å². The van der Waals surface area contributed by atoms with E-state index >= 15 is 0 Å². The van der Waals surface area contributed by atoms with Crippen molar-refractivity contribution in [1.82, 2.24) is 5.16 Å². The van der Waals surface area contributed by atoms with E-state index in [1.807, 2.05) is 24.3 Å². The molecule has 0 aliphatic carbocycles. The molecule has 112 valence electrons. The van der Waals surface area contributed by atoms with Gasteiger partial charge in [0, 0.05) is 15.6 Å². The molecule has 0 bridgehead atoms. The van der Waals surface area contributed by atoms with Gasteiger partial charge in [-0.15, -0.1) is 0 Å². The molecule has 0 atom stereocenters. The predicted molar refractivity (Wildman–Crippen MR) is 86.0 cm³/mol. The first-order valence-corrected chi connectivity index (χ1v) is 7.58. The molecule has 0 amide bonds. The Morgan fingerprint density at radius 2 is 1.91 bits per heavy atom. The number of aliphatic hydroxyl groups is 1. The lowest BCUT2D eigenvalue weighted by Crippen LogP contribution is -1.90. The molecule has 0 saturated heterocycles. The number of aliphatic hydroxyl groups excluding tert-OH is 1. The Bertz CT molecular complexity index is 818. The molecule has 1 heterocycles. The first kappa shape index (κ1) is 15.2. The minimum atomic E-state index is -0.440. The third-order valence-corrected chi connectivity index (χ3v) is 4.10. The van der Waals surface area contributed by atoms with Crippen LogP contribution in [0.2, 0.25) is 5.02 Å². The molecule has 6 heteroatoms. The topological polar surface area (TPSA) is 46.3 Å². The second kappa shape index (κ2) is 6.20. The quantitative estimate of drug-likeness (QED) is 0.689. The van der Waals surface area contributed by atoms with Gasteiger partial charge in [0.05, 0.1) is 17.2 Å². The molecule has 0 aliphatic heterocycles. The number of aromatic nitrogens is 1. The van der Waals surface area contributed by atoms with Gasteiger partial charge in [0.2, 0.25) is 0 Å². The van der Waals surface area contributed by atoms with Crippen LogP contribution in [0.4, 0.5) is 4.39 Å². The second-order valence-corrected chi connectivity index (χ2v) is 5.95. The fourth-order valence-corrected chi connectivity index (χ4v) is 2.64. The molecule has 0 radical (unpaired) electrons. The molecular formula is C16H10BrClFNO2. The zero-order valence-electron chi connectivity index (χ0n) is 11.2. The lowest BCUT2D eigenvalue weighted by Gasteiger charge is -2.04. The minimum absolute atomic E-state index is 0.268. The van der Waals surface area contributed by atoms with Gasteiger partial charge >= 0.3 is 0 Å². The fourth-order valence-electron chi connectivity index (χ4n) is 2.17. The van der Waals surface area contributed by atoms with E-state index in [2.05, 4.69) is 21.1 Å². The van der Waals surface area contributed by atoms with Crippen molar-refractivity contribution in [3.8, 4) is 22.6 Å². The maximum atomic E-state index is 13.5. The molecule has 3 rings (SSSR count). The Labute approximate surface area is 139 Å². The lowest BCUT2D eigenvalue weighted by atomic mass is 10.0. The summed E-state index contributed by atoms with van der Waals surface area (Å²) in [6.07, 6.45) is 0. The van der Waals surface area contributed by atoms with E-state index in [9.17, 15) is 9.50 Å². The van der Waals surface area contributed by atoms with Crippen LogP contribution >= 0.6 is 27.5 Å². The van der Waals surface area contributed by atoms with E-state index in [1.165, 1.54) is 18.2 Å². The Morgan fingerprint density at radius 3 is 2.59 bits per heavy atom. The molecule has 0 fully saturated rings. The number of hydrogen-bond donors (Lipinski definition) is 1. The van der Waals surface area contributed by atoms with Crippen LogP contribution in [0.15, 0.2) is 51.5 Å². The van der Waals surface area contributed by atoms with E-state index in [-0.39, 0.29) is 12.4 Å². The highest BCUT2D eigenvalue weighted by molar-refractivity contribution is 9.10. The molecule has 0 aliphatic rings. The number of rotatable bonds is 3. The van der Waals surface area contributed by atoms with Crippen molar-refractivity contribution in [1.29, 1.82) is 0 Å². The highest BCUT2D eigenvalue weighted by atomic mass is 79.9. The maximum Gasteiger partial charge on any atom is 0.174 e. The van der Waals surface area contributed by atoms with Crippen LogP contribution in [0.25, 0.3) is 22.6 Å². The van der Waals surface area contributed by atoms with Crippen LogP contribution in [0.1, 0.15) is 5.56 Å². The number of benzene rings is 2. The number of hydrogen-bond acceptors (Lipinski definition) is 3. The summed E-state index contributed by atoms with van der Waals surface area (Å²) in [6.45, 7) is -0.295. The van der Waals surface area contributed by atoms with E-state index in [4.69, 9.17) is 16.1 Å². The first-order valence-electron chi connectivity index (χ1n) is 6.41. The highest BCUT2D eigenvalue weighted by Crippen LogP contribution is 2.36. The maximum absolute atomic E-state index is 13.5. The van der Waals surface area contributed by atoms with Gasteiger partial charge < -0.3 is 9.63 Å². The number of halogens is 3. The van der Waals surface area contributed by atoms with Crippen LogP contribution in [0.5, 0.6) is 0 Å². The third kappa shape index (κ3) is 2.79. The molecule has 0 unspecified atom stereocenters. The molecule has 0 saturated carbocycles. The van der Waals surface area contributed by atoms with Crippen molar-refractivity contribution in [2.45, 2.75) is 6.61 Å². The summed E-state index contributed by atoms with van der Waals surface area (Å²) in [4.78, 5) is 0. The summed E-state index contributed by atoms with van der Waals surface area (Å²) >= 11 is 9.45. The van der Waals surface area contributed by atoms with E-state index < -0.39 is 5.82 Å². The van der Waals surface area contributed by atoms with Crippen LogP contribution in [-0.2, 0) is 6.61 Å². The van der Waals surface area contributed by atoms with Gasteiger partial charge in [-0.25, -0.2) is 4.39 Å². The molecule has 22 heavy (non-hydrogen) atoms. The van der Waals surface area contributed by atoms with Crippen molar-refractivity contribution in [2.75, 3.05) is 0 Å². The predicted octanol–water partition coefficient (Wildman–Crippen LogP) is 5.06. The van der Waals surface area contributed by atoms with Gasteiger partial charge in [0.15, 0.2) is 5.76 Å². The van der Waals surface area contributed by atoms with E-state index in [0.29, 0.717) is 21.8 Å². The van der Waals surface area contributed by atoms with Crippen molar-refractivity contribution in [3.63, 3.8) is 0 Å². The Kier molecular flexibility index (Phi) is 4.29. The zero-order valence-corrected chi connectivity index (χ0v) is 13.5. The largest absolute Gasteiger partial charge is 0.391 e. The average molecular weight is 383 g/mol. The monoisotopic (exact) mass is 381 g/mol. The van der Waals surface area contributed by atoms with Crippen LogP contribution in [0, 0.1) is 5.82 Å². The second-order valence-electron chi connectivity index (χ2n) is 4.63.